The number of hydrogen-bond acceptors (Lipinski definition) is 8. The first-order valence-electron chi connectivity index (χ1n) is 7.81. The van der Waals surface area contributed by atoms with E-state index in [9.17, 15) is 5.11 Å². The summed E-state index contributed by atoms with van der Waals surface area (Å²) in [6.45, 7) is 4.38. The van der Waals surface area contributed by atoms with Crippen LogP contribution in [0.2, 0.25) is 0 Å². The van der Waals surface area contributed by atoms with E-state index in [1.807, 2.05) is 13.0 Å². The SMILES string of the molecule is CCCSP(=S)(OCC)Oc1c(O)cccc1-c1ccnnc1OC. The topological polar surface area (TPSA) is 73.7 Å². The van der Waals surface area contributed by atoms with E-state index in [4.69, 9.17) is 25.6 Å². The Morgan fingerprint density at radius 3 is 2.72 bits per heavy atom. The van der Waals surface area contributed by atoms with Crippen LogP contribution in [0.3, 0.4) is 0 Å². The Morgan fingerprint density at radius 2 is 2.04 bits per heavy atom. The van der Waals surface area contributed by atoms with E-state index in [1.165, 1.54) is 18.5 Å². The molecule has 0 fully saturated rings. The summed E-state index contributed by atoms with van der Waals surface area (Å²) in [6, 6.07) is 6.83. The van der Waals surface area contributed by atoms with Crippen molar-refractivity contribution in [3.8, 4) is 28.5 Å². The smallest absolute Gasteiger partial charge is 0.297 e. The third-order valence-corrected chi connectivity index (χ3v) is 8.52. The van der Waals surface area contributed by atoms with Gasteiger partial charge in [0.05, 0.1) is 25.5 Å². The highest BCUT2D eigenvalue weighted by atomic mass is 32.9. The molecule has 0 spiro atoms. The lowest BCUT2D eigenvalue weighted by Crippen LogP contribution is -1.99. The number of aromatic hydroxyl groups is 1. The van der Waals surface area contributed by atoms with E-state index in [-0.39, 0.29) is 11.5 Å². The standard InChI is InChI=1S/C16H21N2O4PS2/c1-4-11-25-23(24,21-5-2)22-15-12(7-6-8-14(15)19)13-9-10-17-18-16(13)20-3/h6-10,19H,4-5,11H2,1-3H3. The van der Waals surface area contributed by atoms with E-state index in [0.717, 1.165) is 12.2 Å². The molecule has 0 saturated carbocycles. The normalized spacial score (nSPS) is 13.2. The fourth-order valence-corrected chi connectivity index (χ4v) is 6.74. The molecule has 0 amide bonds. The van der Waals surface area contributed by atoms with Gasteiger partial charge in [0.1, 0.15) is 0 Å². The van der Waals surface area contributed by atoms with Crippen LogP contribution < -0.4 is 9.26 Å². The maximum absolute atomic E-state index is 10.4. The molecular weight excluding hydrogens is 379 g/mol. The predicted octanol–water partition coefficient (Wildman–Crippen LogP) is 4.64. The largest absolute Gasteiger partial charge is 0.504 e. The molecule has 1 aromatic carbocycles. The molecule has 1 aromatic heterocycles. The lowest BCUT2D eigenvalue weighted by molar-refractivity contribution is 0.339. The van der Waals surface area contributed by atoms with Crippen LogP contribution in [0.15, 0.2) is 30.5 Å². The average Bonchev–Trinajstić information content (AvgIpc) is 2.62. The molecule has 0 aliphatic carbocycles. The van der Waals surface area contributed by atoms with Crippen LogP contribution in [0.4, 0.5) is 0 Å². The highest BCUT2D eigenvalue weighted by Gasteiger charge is 2.25. The molecule has 1 unspecified atom stereocenters. The second-order valence-corrected chi connectivity index (χ2v) is 11.3. The van der Waals surface area contributed by atoms with Crippen molar-refractivity contribution >= 4 is 28.9 Å². The molecule has 0 radical (unpaired) electrons. The molecule has 1 heterocycles. The molecular formula is C16H21N2O4PS2. The zero-order valence-corrected chi connectivity index (χ0v) is 16.9. The minimum atomic E-state index is -2.64. The summed E-state index contributed by atoms with van der Waals surface area (Å²) in [5.74, 6) is 1.42. The molecule has 1 atom stereocenters. The van der Waals surface area contributed by atoms with E-state index in [2.05, 4.69) is 17.1 Å². The van der Waals surface area contributed by atoms with Crippen molar-refractivity contribution in [1.82, 2.24) is 10.2 Å². The number of para-hydroxylation sites is 1. The highest BCUT2D eigenvalue weighted by Crippen LogP contribution is 2.62. The molecule has 0 aliphatic heterocycles. The number of ether oxygens (including phenoxy) is 1. The Kier molecular flexibility index (Phi) is 7.50. The molecule has 6 nitrogen and oxygen atoms in total. The van der Waals surface area contributed by atoms with Crippen molar-refractivity contribution in [3.63, 3.8) is 0 Å². The van der Waals surface area contributed by atoms with Crippen LogP contribution in [0.5, 0.6) is 17.4 Å². The zero-order chi connectivity index (χ0) is 18.3. The molecule has 0 saturated heterocycles. The first-order valence-corrected chi connectivity index (χ1v) is 12.0. The number of nitrogens with zero attached hydrogens (tertiary/aromatic N) is 2. The summed E-state index contributed by atoms with van der Waals surface area (Å²) in [5.41, 5.74) is -1.37. The van der Waals surface area contributed by atoms with Crippen LogP contribution in [0.1, 0.15) is 20.3 Å². The molecule has 9 heteroatoms. The van der Waals surface area contributed by atoms with Crippen LogP contribution in [0.25, 0.3) is 11.1 Å². The second kappa shape index (κ2) is 9.38. The maximum Gasteiger partial charge on any atom is 0.297 e. The fourth-order valence-electron chi connectivity index (χ4n) is 2.07. The molecule has 2 aromatic rings. The van der Waals surface area contributed by atoms with Crippen LogP contribution in [0, 0.1) is 0 Å². The van der Waals surface area contributed by atoms with Crippen LogP contribution in [-0.2, 0) is 16.3 Å². The van der Waals surface area contributed by atoms with Gasteiger partial charge in [-0.05, 0) is 37.3 Å². The van der Waals surface area contributed by atoms with Gasteiger partial charge in [0.25, 0.3) is 5.69 Å². The highest BCUT2D eigenvalue weighted by molar-refractivity contribution is 8.68. The molecule has 136 valence electrons. The quantitative estimate of drug-likeness (QED) is 0.610. The Morgan fingerprint density at radius 1 is 1.24 bits per heavy atom. The second-order valence-electron chi connectivity index (χ2n) is 4.90. The summed E-state index contributed by atoms with van der Waals surface area (Å²) in [5, 5.41) is 18.2. The Bertz CT molecular complexity index is 761. The third kappa shape index (κ3) is 5.07. The number of methoxy groups -OCH3 is 1. The lowest BCUT2D eigenvalue weighted by Gasteiger charge is -2.23. The third-order valence-electron chi connectivity index (χ3n) is 3.11. The van der Waals surface area contributed by atoms with Crippen molar-refractivity contribution in [1.29, 1.82) is 0 Å². The van der Waals surface area contributed by atoms with Gasteiger partial charge in [-0.25, -0.2) is 0 Å². The van der Waals surface area contributed by atoms with E-state index in [1.54, 1.807) is 24.4 Å². The zero-order valence-electron chi connectivity index (χ0n) is 14.3. The summed E-state index contributed by atoms with van der Waals surface area (Å²) in [6.07, 6.45) is 2.51. The minimum Gasteiger partial charge on any atom is -0.504 e. The van der Waals surface area contributed by atoms with Crippen molar-refractivity contribution < 1.29 is 18.9 Å². The first kappa shape index (κ1) is 20.0. The van der Waals surface area contributed by atoms with Gasteiger partial charge >= 0.3 is 0 Å². The van der Waals surface area contributed by atoms with Crippen molar-refractivity contribution in [2.24, 2.45) is 0 Å². The van der Waals surface area contributed by atoms with Gasteiger partial charge in [-0.1, -0.05) is 30.4 Å². The Balaban J connectivity index is 2.49. The van der Waals surface area contributed by atoms with Gasteiger partial charge in [0, 0.05) is 11.3 Å². The number of rotatable bonds is 9. The fraction of sp³-hybridized carbons (Fsp3) is 0.375. The summed E-state index contributed by atoms with van der Waals surface area (Å²) < 4.78 is 17.1. The molecule has 0 bridgehead atoms. The average molecular weight is 400 g/mol. The number of phenolic OH excluding ortho intramolecular Hbond substituents is 1. The van der Waals surface area contributed by atoms with Gasteiger partial charge in [-0.3, -0.25) is 0 Å². The van der Waals surface area contributed by atoms with Crippen LogP contribution >= 0.6 is 17.1 Å². The molecule has 25 heavy (non-hydrogen) atoms. The van der Waals surface area contributed by atoms with Gasteiger partial charge < -0.3 is 18.9 Å². The van der Waals surface area contributed by atoms with E-state index in [0.29, 0.717) is 23.6 Å². The molecule has 1 N–H and O–H groups in total. The maximum atomic E-state index is 10.4. The summed E-state index contributed by atoms with van der Waals surface area (Å²) in [7, 11) is 1.51. The number of hydrogen-bond donors (Lipinski definition) is 1. The Labute approximate surface area is 156 Å². The number of benzene rings is 1. The van der Waals surface area contributed by atoms with E-state index >= 15 is 0 Å². The lowest BCUT2D eigenvalue weighted by atomic mass is 10.1. The number of aromatic nitrogens is 2. The monoisotopic (exact) mass is 400 g/mol. The van der Waals surface area contributed by atoms with E-state index < -0.39 is 5.69 Å². The minimum absolute atomic E-state index is 0.0117. The predicted molar refractivity (Wildman–Crippen MR) is 105 cm³/mol. The Hall–Kier alpha value is -1.34. The molecule has 0 aliphatic rings. The first-order chi connectivity index (χ1) is 12.0. The molecule has 2 rings (SSSR count). The van der Waals surface area contributed by atoms with Crippen molar-refractivity contribution in [2.75, 3.05) is 19.5 Å². The van der Waals surface area contributed by atoms with Gasteiger partial charge in [0.15, 0.2) is 11.5 Å². The summed E-state index contributed by atoms with van der Waals surface area (Å²) in [4.78, 5) is 0. The van der Waals surface area contributed by atoms with Gasteiger partial charge in [0.2, 0.25) is 5.88 Å². The summed E-state index contributed by atoms with van der Waals surface area (Å²) >= 11 is 7.12. The van der Waals surface area contributed by atoms with Crippen molar-refractivity contribution in [2.45, 2.75) is 20.3 Å². The van der Waals surface area contributed by atoms with Gasteiger partial charge in [-0.15, -0.1) is 5.10 Å². The van der Waals surface area contributed by atoms with Gasteiger partial charge in [-0.2, -0.15) is 5.10 Å². The number of phenols is 1. The van der Waals surface area contributed by atoms with Crippen LogP contribution in [-0.4, -0.2) is 34.8 Å². The van der Waals surface area contributed by atoms with Crippen molar-refractivity contribution in [3.05, 3.63) is 30.5 Å².